The number of hydrogen-bond donors (Lipinski definition) is 0. The molecule has 0 spiro atoms. The fourth-order valence-corrected chi connectivity index (χ4v) is 0.788. The average Bonchev–Trinajstić information content (AvgIpc) is 1.98. The monoisotopic (exact) mass is 125 g/mol. The molecular formula is C6H8NP. The summed E-state index contributed by atoms with van der Waals surface area (Å²) in [4.78, 5) is 0. The van der Waals surface area contributed by atoms with Gasteiger partial charge in [0.25, 0.3) is 0 Å². The lowest BCUT2D eigenvalue weighted by atomic mass is 10.4. The van der Waals surface area contributed by atoms with Crippen molar-refractivity contribution in [2.75, 3.05) is 0 Å². The fraction of sp³-hybridized carbons (Fsp3) is 0.333. The summed E-state index contributed by atoms with van der Waals surface area (Å²) in [5.74, 6) is 0. The van der Waals surface area contributed by atoms with E-state index in [2.05, 4.69) is 9.24 Å². The normalized spacial score (nSPS) is 9.88. The van der Waals surface area contributed by atoms with E-state index in [4.69, 9.17) is 0 Å². The van der Waals surface area contributed by atoms with Gasteiger partial charge in [-0.25, -0.2) is 0 Å². The van der Waals surface area contributed by atoms with Gasteiger partial charge in [0.05, 0.1) is 5.44 Å². The van der Waals surface area contributed by atoms with Crippen molar-refractivity contribution in [2.45, 2.75) is 6.92 Å². The highest BCUT2D eigenvalue weighted by atomic mass is 31.0. The van der Waals surface area contributed by atoms with Gasteiger partial charge < -0.3 is 4.57 Å². The summed E-state index contributed by atoms with van der Waals surface area (Å²) in [5.41, 5.74) is 2.28. The van der Waals surface area contributed by atoms with Gasteiger partial charge in [0.1, 0.15) is 0 Å². The Morgan fingerprint density at radius 3 is 2.38 bits per heavy atom. The van der Waals surface area contributed by atoms with Gasteiger partial charge in [-0.15, -0.1) is 0 Å². The van der Waals surface area contributed by atoms with Crippen LogP contribution in [0, 0.1) is 6.92 Å². The van der Waals surface area contributed by atoms with Crippen LogP contribution < -0.4 is 5.44 Å². The van der Waals surface area contributed by atoms with Crippen molar-refractivity contribution in [3.8, 4) is 0 Å². The Morgan fingerprint density at radius 1 is 1.62 bits per heavy atom. The second-order valence-corrected chi connectivity index (χ2v) is 2.36. The van der Waals surface area contributed by atoms with Gasteiger partial charge >= 0.3 is 0 Å². The largest absolute Gasteiger partial charge is 0.350 e. The molecule has 0 atom stereocenters. The van der Waals surface area contributed by atoms with Crippen molar-refractivity contribution < 1.29 is 0 Å². The molecule has 0 N–H and O–H groups in total. The van der Waals surface area contributed by atoms with Crippen LogP contribution in [0.2, 0.25) is 0 Å². The number of rotatable bonds is 0. The van der Waals surface area contributed by atoms with E-state index < -0.39 is 0 Å². The van der Waals surface area contributed by atoms with Crippen molar-refractivity contribution in [3.05, 3.63) is 17.8 Å². The maximum atomic E-state index is 4.23. The summed E-state index contributed by atoms with van der Waals surface area (Å²) < 4.78 is 1.98. The maximum absolute atomic E-state index is 4.23. The van der Waals surface area contributed by atoms with Crippen LogP contribution in [0.15, 0.2) is 12.3 Å². The summed E-state index contributed by atoms with van der Waals surface area (Å²) >= 11 is 0. The molecule has 1 heterocycles. The number of aryl methyl sites for hydroxylation is 2. The smallest absolute Gasteiger partial charge is 0.0540 e. The van der Waals surface area contributed by atoms with Crippen LogP contribution in [0.5, 0.6) is 0 Å². The highest BCUT2D eigenvalue weighted by Gasteiger charge is 1.93. The zero-order valence-electron chi connectivity index (χ0n) is 5.05. The molecule has 1 rings (SSSR count). The first kappa shape index (κ1) is 5.84. The Kier molecular flexibility index (Phi) is 1.39. The Hall–Kier alpha value is -0.290. The molecule has 0 fully saturated rings. The van der Waals surface area contributed by atoms with Gasteiger partial charge in [0.2, 0.25) is 0 Å². The van der Waals surface area contributed by atoms with E-state index in [9.17, 15) is 0 Å². The molecule has 0 amide bonds. The first-order valence-electron chi connectivity index (χ1n) is 2.52. The first-order chi connectivity index (χ1) is 3.72. The van der Waals surface area contributed by atoms with Crippen molar-refractivity contribution in [1.82, 2.24) is 4.57 Å². The van der Waals surface area contributed by atoms with Crippen molar-refractivity contribution in [1.29, 1.82) is 0 Å². The molecule has 1 nitrogen and oxygen atoms in total. The van der Waals surface area contributed by atoms with Crippen LogP contribution >= 0.6 is 9.24 Å². The van der Waals surface area contributed by atoms with Crippen LogP contribution in [0.3, 0.4) is 0 Å². The maximum Gasteiger partial charge on any atom is 0.0540 e. The fourth-order valence-electron chi connectivity index (χ4n) is 0.647. The van der Waals surface area contributed by atoms with Crippen LogP contribution in [-0.4, -0.2) is 4.57 Å². The van der Waals surface area contributed by atoms with E-state index in [-0.39, 0.29) is 0 Å². The lowest BCUT2D eigenvalue weighted by Crippen LogP contribution is -2.04. The van der Waals surface area contributed by atoms with Crippen LogP contribution in [0.25, 0.3) is 0 Å². The summed E-state index contributed by atoms with van der Waals surface area (Å²) in [6.45, 7) is 2.04. The summed E-state index contributed by atoms with van der Waals surface area (Å²) in [6.07, 6.45) is 2.00. The van der Waals surface area contributed by atoms with Gasteiger partial charge in [-0.3, -0.25) is 0 Å². The lowest BCUT2D eigenvalue weighted by molar-refractivity contribution is 0.959. The zero-order valence-corrected chi connectivity index (χ0v) is 5.94. The molecule has 0 aliphatic heterocycles. The highest BCUT2D eigenvalue weighted by Crippen LogP contribution is 1.97. The summed E-state index contributed by atoms with van der Waals surface area (Å²) in [7, 11) is 6.21. The van der Waals surface area contributed by atoms with Gasteiger partial charge in [-0.1, -0.05) is 0 Å². The van der Waals surface area contributed by atoms with Crippen LogP contribution in [-0.2, 0) is 7.05 Å². The Labute approximate surface area is 51.9 Å². The van der Waals surface area contributed by atoms with Crippen molar-refractivity contribution in [3.63, 3.8) is 0 Å². The standard InChI is InChI=1S/C6H8NP/c1-5-3-4-7(2)6(5)8/h3-4H,1-2H3. The molecule has 2 radical (unpaired) electrons. The van der Waals surface area contributed by atoms with Crippen molar-refractivity contribution >= 4 is 14.7 Å². The average molecular weight is 125 g/mol. The number of hydrogen-bond acceptors (Lipinski definition) is 0. The molecular weight excluding hydrogens is 117 g/mol. The molecule has 0 saturated heterocycles. The topological polar surface area (TPSA) is 4.93 Å². The molecule has 42 valence electrons. The summed E-state index contributed by atoms with van der Waals surface area (Å²) in [5, 5.41) is 0. The van der Waals surface area contributed by atoms with E-state index >= 15 is 0 Å². The molecule has 8 heavy (non-hydrogen) atoms. The quantitative estimate of drug-likeness (QED) is 0.461. The second kappa shape index (κ2) is 1.91. The van der Waals surface area contributed by atoms with Gasteiger partial charge in [-0.05, 0) is 18.6 Å². The molecule has 1 aromatic heterocycles. The Bertz CT molecular complexity index is 171. The molecule has 0 aliphatic carbocycles. The molecule has 0 aliphatic rings. The van der Waals surface area contributed by atoms with Gasteiger partial charge in [0, 0.05) is 22.5 Å². The molecule has 0 aromatic carbocycles. The molecule has 0 bridgehead atoms. The third-order valence-electron chi connectivity index (χ3n) is 1.23. The number of nitrogens with zero attached hydrogens (tertiary/aromatic N) is 1. The molecule has 0 unspecified atom stereocenters. The zero-order chi connectivity index (χ0) is 6.15. The Morgan fingerprint density at radius 2 is 2.25 bits per heavy atom. The van der Waals surface area contributed by atoms with E-state index in [1.54, 1.807) is 0 Å². The predicted molar refractivity (Wildman–Crippen MR) is 36.7 cm³/mol. The van der Waals surface area contributed by atoms with Gasteiger partial charge in [0.15, 0.2) is 0 Å². The number of aromatic nitrogens is 1. The molecule has 0 saturated carbocycles. The van der Waals surface area contributed by atoms with Gasteiger partial charge in [-0.2, -0.15) is 0 Å². The van der Waals surface area contributed by atoms with E-state index in [1.807, 2.05) is 30.8 Å². The van der Waals surface area contributed by atoms with E-state index in [0.717, 1.165) is 5.44 Å². The SMILES string of the molecule is Cc1ccn(C)c1[P]. The van der Waals surface area contributed by atoms with E-state index in [0.29, 0.717) is 0 Å². The van der Waals surface area contributed by atoms with Crippen LogP contribution in [0.4, 0.5) is 0 Å². The van der Waals surface area contributed by atoms with Crippen molar-refractivity contribution in [2.24, 2.45) is 7.05 Å². The Balaban J connectivity index is 3.19. The summed E-state index contributed by atoms with van der Waals surface area (Å²) in [6, 6.07) is 2.04. The third-order valence-corrected chi connectivity index (χ3v) is 1.90. The second-order valence-electron chi connectivity index (χ2n) is 1.93. The highest BCUT2D eigenvalue weighted by molar-refractivity contribution is 7.27. The minimum absolute atomic E-state index is 1.05. The first-order valence-corrected chi connectivity index (χ1v) is 2.97. The molecule has 1 aromatic rings. The molecule has 2 heteroatoms. The predicted octanol–water partition coefficient (Wildman–Crippen LogP) is 1.37. The van der Waals surface area contributed by atoms with E-state index in [1.165, 1.54) is 5.56 Å². The van der Waals surface area contributed by atoms with Crippen LogP contribution in [0.1, 0.15) is 5.56 Å². The lowest BCUT2D eigenvalue weighted by Gasteiger charge is -1.91. The minimum atomic E-state index is 1.05. The third kappa shape index (κ3) is 0.784. The minimum Gasteiger partial charge on any atom is -0.350 e.